The van der Waals surface area contributed by atoms with E-state index in [2.05, 4.69) is 32.2 Å². The Labute approximate surface area is 285 Å². The molecule has 0 saturated carbocycles. The Morgan fingerprint density at radius 1 is 0.900 bits per heavy atom. The van der Waals surface area contributed by atoms with Crippen LogP contribution in [0.3, 0.4) is 0 Å². The number of rotatable bonds is 11. The van der Waals surface area contributed by atoms with Crippen molar-refractivity contribution in [3.8, 4) is 28.7 Å². The van der Waals surface area contributed by atoms with Gasteiger partial charge in [0.25, 0.3) is 11.5 Å². The number of pyridine rings is 1. The Kier molecular flexibility index (Phi) is 10.2. The van der Waals surface area contributed by atoms with E-state index in [0.29, 0.717) is 39.3 Å². The molecule has 6 rings (SSSR count). The average Bonchev–Trinajstić information content (AvgIpc) is 3.11. The quantitative estimate of drug-likeness (QED) is 0.204. The number of nitrogens with zero attached hydrogens (tertiary/aromatic N) is 6. The number of carbonyl (C=O) groups excluding carboxylic acids is 1. The van der Waals surface area contributed by atoms with Gasteiger partial charge in [0, 0.05) is 69.2 Å². The Balaban J connectivity index is 1.16. The molecule has 0 aliphatic carbocycles. The van der Waals surface area contributed by atoms with Crippen molar-refractivity contribution >= 4 is 22.5 Å². The zero-order chi connectivity index (χ0) is 35.4. The number of piperazine rings is 1. The molecule has 0 spiro atoms. The molecule has 1 aliphatic rings. The van der Waals surface area contributed by atoms with Crippen molar-refractivity contribution in [3.63, 3.8) is 0 Å². The van der Waals surface area contributed by atoms with Crippen molar-refractivity contribution < 1.29 is 27.8 Å². The van der Waals surface area contributed by atoms with E-state index in [1.165, 1.54) is 44.6 Å². The largest absolute Gasteiger partial charge is 0.493 e. The number of nitrogens with one attached hydrogen (secondary N) is 1. The maximum absolute atomic E-state index is 15.3. The highest BCUT2D eigenvalue weighted by Gasteiger charge is 2.20. The number of aromatic nitrogens is 4. The first-order valence-electron chi connectivity index (χ1n) is 15.9. The van der Waals surface area contributed by atoms with Crippen molar-refractivity contribution in [2.24, 2.45) is 7.05 Å². The van der Waals surface area contributed by atoms with E-state index in [1.54, 1.807) is 18.2 Å². The van der Waals surface area contributed by atoms with Crippen LogP contribution in [0.4, 0.5) is 14.5 Å². The summed E-state index contributed by atoms with van der Waals surface area (Å²) >= 11 is 0. The van der Waals surface area contributed by atoms with Crippen LogP contribution in [0.1, 0.15) is 16.9 Å². The van der Waals surface area contributed by atoms with Crippen molar-refractivity contribution in [1.29, 1.82) is 0 Å². The van der Waals surface area contributed by atoms with E-state index >= 15 is 4.39 Å². The van der Waals surface area contributed by atoms with Gasteiger partial charge in [-0.25, -0.2) is 13.6 Å². The number of ether oxygens (including phenoxy) is 3. The molecule has 1 amide bonds. The Morgan fingerprint density at radius 2 is 1.66 bits per heavy atom. The molecule has 260 valence electrons. The lowest BCUT2D eigenvalue weighted by atomic mass is 10.1. The normalized spacial score (nSPS) is 13.7. The lowest BCUT2D eigenvalue weighted by molar-refractivity contribution is 0.101. The number of anilines is 1. The standard InChI is InChI=1S/C35H35F2N7O6/c1-41-14-16-43(17-15-41)13-4-18-49-31-21-27-25(20-30(31)48-3)28(11-12-38-27)50-29-10-7-23(19-26(29)37)39-33(45)32-34(46)42(2)35(47)44(40-32)24-8-5-22(36)6-9-24/h5-12,19-21H,4,13-18H2,1-3H3,(H,39,45). The molecule has 50 heavy (non-hydrogen) atoms. The zero-order valence-electron chi connectivity index (χ0n) is 27.7. The topological polar surface area (TPSA) is 133 Å². The number of halogens is 2. The zero-order valence-corrected chi connectivity index (χ0v) is 27.7. The van der Waals surface area contributed by atoms with Gasteiger partial charge in [0.1, 0.15) is 11.6 Å². The number of likely N-dealkylation sites (N-methyl/N-ethyl adjacent to an activating group) is 1. The maximum atomic E-state index is 15.3. The smallest absolute Gasteiger partial charge is 0.351 e. The molecule has 2 aromatic heterocycles. The summed E-state index contributed by atoms with van der Waals surface area (Å²) in [5.74, 6) is -1.17. The highest BCUT2D eigenvalue weighted by atomic mass is 19.1. The summed E-state index contributed by atoms with van der Waals surface area (Å²) in [6.07, 6.45) is 2.39. The third-order valence-electron chi connectivity index (χ3n) is 8.33. The maximum Gasteiger partial charge on any atom is 0.351 e. The Bertz CT molecular complexity index is 2150. The average molecular weight is 688 g/mol. The molecule has 5 aromatic rings. The number of hydrogen-bond acceptors (Lipinski definition) is 10. The van der Waals surface area contributed by atoms with Crippen LogP contribution in [0.5, 0.6) is 23.0 Å². The minimum atomic E-state index is -0.987. The van der Waals surface area contributed by atoms with E-state index < -0.39 is 34.5 Å². The van der Waals surface area contributed by atoms with Gasteiger partial charge in [-0.2, -0.15) is 9.78 Å². The van der Waals surface area contributed by atoms with Crippen LogP contribution >= 0.6 is 0 Å². The molecule has 0 radical (unpaired) electrons. The van der Waals surface area contributed by atoms with Crippen molar-refractivity contribution in [2.45, 2.75) is 6.42 Å². The highest BCUT2D eigenvalue weighted by Crippen LogP contribution is 2.38. The molecule has 3 heterocycles. The van der Waals surface area contributed by atoms with Gasteiger partial charge in [-0.15, -0.1) is 0 Å². The summed E-state index contributed by atoms with van der Waals surface area (Å²) < 4.78 is 47.8. The molecular formula is C35H35F2N7O6. The van der Waals surface area contributed by atoms with Gasteiger partial charge in [-0.05, 0) is 62.0 Å². The molecule has 1 fully saturated rings. The summed E-state index contributed by atoms with van der Waals surface area (Å²) in [4.78, 5) is 47.6. The van der Waals surface area contributed by atoms with Gasteiger partial charge >= 0.3 is 5.69 Å². The van der Waals surface area contributed by atoms with Crippen molar-refractivity contribution in [2.75, 3.05) is 58.8 Å². The summed E-state index contributed by atoms with van der Waals surface area (Å²) in [6, 6.07) is 13.5. The second-order valence-corrected chi connectivity index (χ2v) is 11.8. The van der Waals surface area contributed by atoms with E-state index in [0.717, 1.165) is 62.0 Å². The van der Waals surface area contributed by atoms with Crippen LogP contribution in [-0.4, -0.2) is 88.5 Å². The van der Waals surface area contributed by atoms with E-state index in [9.17, 15) is 18.8 Å². The predicted molar refractivity (Wildman–Crippen MR) is 182 cm³/mol. The van der Waals surface area contributed by atoms with Crippen LogP contribution in [0.15, 0.2) is 76.4 Å². The summed E-state index contributed by atoms with van der Waals surface area (Å²) in [5, 5.41) is 6.89. The fraction of sp³-hybridized carbons (Fsp3) is 0.286. The van der Waals surface area contributed by atoms with Crippen molar-refractivity contribution in [3.05, 3.63) is 105 Å². The third kappa shape index (κ3) is 7.48. The Morgan fingerprint density at radius 3 is 2.38 bits per heavy atom. The highest BCUT2D eigenvalue weighted by molar-refractivity contribution is 6.02. The summed E-state index contributed by atoms with van der Waals surface area (Å²) in [6.45, 7) is 5.63. The third-order valence-corrected chi connectivity index (χ3v) is 8.33. The number of fused-ring (bicyclic) bond motifs is 1. The van der Waals surface area contributed by atoms with Crippen LogP contribution in [-0.2, 0) is 7.05 Å². The number of amides is 1. The first-order valence-corrected chi connectivity index (χ1v) is 15.9. The molecule has 3 aromatic carbocycles. The molecular weight excluding hydrogens is 652 g/mol. The molecule has 0 atom stereocenters. The molecule has 0 bridgehead atoms. The lowest BCUT2D eigenvalue weighted by Crippen LogP contribution is -2.44. The van der Waals surface area contributed by atoms with Crippen LogP contribution < -0.4 is 30.8 Å². The number of benzene rings is 3. The SMILES string of the molecule is COc1cc2c(Oc3ccc(NC(=O)c4nn(-c5ccc(F)cc5)c(=O)n(C)c4=O)cc3F)ccnc2cc1OCCCN1CCN(C)CC1. The second kappa shape index (κ2) is 14.8. The van der Waals surface area contributed by atoms with Crippen LogP contribution in [0.2, 0.25) is 0 Å². The van der Waals surface area contributed by atoms with E-state index in [1.807, 2.05) is 0 Å². The first-order chi connectivity index (χ1) is 24.1. The summed E-state index contributed by atoms with van der Waals surface area (Å²) in [5.41, 5.74) is -1.75. The monoisotopic (exact) mass is 687 g/mol. The minimum absolute atomic E-state index is 0.00101. The van der Waals surface area contributed by atoms with Gasteiger partial charge in [-0.1, -0.05) is 0 Å². The molecule has 0 unspecified atom stereocenters. The van der Waals surface area contributed by atoms with Gasteiger partial charge in [-0.3, -0.25) is 19.1 Å². The van der Waals surface area contributed by atoms with Crippen molar-refractivity contribution in [1.82, 2.24) is 29.1 Å². The molecule has 1 saturated heterocycles. The van der Waals surface area contributed by atoms with Gasteiger partial charge in [0.2, 0.25) is 5.69 Å². The predicted octanol–water partition coefficient (Wildman–Crippen LogP) is 3.83. The fourth-order valence-electron chi connectivity index (χ4n) is 5.47. The first kappa shape index (κ1) is 34.2. The molecule has 13 nitrogen and oxygen atoms in total. The molecule has 1 aliphatic heterocycles. The molecule has 15 heteroatoms. The number of carbonyl (C=O) groups is 1. The number of hydrogen-bond donors (Lipinski definition) is 1. The van der Waals surface area contributed by atoms with Gasteiger partial charge < -0.3 is 29.3 Å². The second-order valence-electron chi connectivity index (χ2n) is 11.8. The summed E-state index contributed by atoms with van der Waals surface area (Å²) in [7, 11) is 4.84. The van der Waals surface area contributed by atoms with E-state index in [4.69, 9.17) is 14.2 Å². The number of methoxy groups -OCH3 is 1. The van der Waals surface area contributed by atoms with Gasteiger partial charge in [0.15, 0.2) is 23.1 Å². The Hall–Kier alpha value is -5.67. The van der Waals surface area contributed by atoms with E-state index in [-0.39, 0.29) is 17.1 Å². The van der Waals surface area contributed by atoms with Gasteiger partial charge in [0.05, 0.1) is 24.9 Å². The fourth-order valence-corrected chi connectivity index (χ4v) is 5.47. The lowest BCUT2D eigenvalue weighted by Gasteiger charge is -2.32. The minimum Gasteiger partial charge on any atom is -0.493 e. The van der Waals surface area contributed by atoms with Crippen LogP contribution in [0, 0.1) is 11.6 Å². The molecule has 1 N–H and O–H groups in total. The van der Waals surface area contributed by atoms with Crippen LogP contribution in [0.25, 0.3) is 16.6 Å².